The van der Waals surface area contributed by atoms with Crippen molar-refractivity contribution in [3.05, 3.63) is 41.8 Å². The molecule has 1 radical (unpaired) electrons. The predicted octanol–water partition coefficient (Wildman–Crippen LogP) is 2.98. The summed E-state index contributed by atoms with van der Waals surface area (Å²) in [6.45, 7) is 4.17. The van der Waals surface area contributed by atoms with Crippen LogP contribution in [0.25, 0.3) is 0 Å². The van der Waals surface area contributed by atoms with Crippen LogP contribution in [0.5, 0.6) is 0 Å². The smallest absolute Gasteiger partial charge is 0.122 e. The van der Waals surface area contributed by atoms with Gasteiger partial charge in [-0.1, -0.05) is 12.1 Å². The molecule has 1 aromatic carbocycles. The fraction of sp³-hybridized carbons (Fsp3) is 0.467. The zero-order valence-corrected chi connectivity index (χ0v) is 10.1. The first-order valence-electron chi connectivity index (χ1n) is 6.42. The number of rotatable bonds is 2. The second-order valence-corrected chi connectivity index (χ2v) is 5.71. The lowest BCUT2D eigenvalue weighted by molar-refractivity contribution is 0.418. The summed E-state index contributed by atoms with van der Waals surface area (Å²) in [6.07, 6.45) is 6.63. The van der Waals surface area contributed by atoms with E-state index < -0.39 is 0 Å². The third-order valence-electron chi connectivity index (χ3n) is 4.73. The van der Waals surface area contributed by atoms with Gasteiger partial charge in [-0.15, -0.1) is 0 Å². The molecule has 2 fully saturated rings. The molecular formula is C15H19N2. The van der Waals surface area contributed by atoms with Crippen molar-refractivity contribution >= 4 is 5.84 Å². The Labute approximate surface area is 103 Å². The first-order valence-corrected chi connectivity index (χ1v) is 6.42. The average molecular weight is 227 g/mol. The number of fused-ring (bicyclic) bond motifs is 2. The van der Waals surface area contributed by atoms with E-state index in [1.54, 1.807) is 0 Å². The van der Waals surface area contributed by atoms with Gasteiger partial charge in [0, 0.05) is 5.56 Å². The molecule has 0 unspecified atom stereocenters. The van der Waals surface area contributed by atoms with Gasteiger partial charge in [0.1, 0.15) is 5.84 Å². The van der Waals surface area contributed by atoms with Crippen LogP contribution in [-0.2, 0) is 5.41 Å². The molecule has 2 heteroatoms. The van der Waals surface area contributed by atoms with E-state index in [4.69, 9.17) is 11.1 Å². The molecule has 1 aromatic rings. The fourth-order valence-electron chi connectivity index (χ4n) is 3.81. The minimum Gasteiger partial charge on any atom is -0.384 e. The SMILES string of the molecule is [CH2]c1ccc(C(=N)N)cc1C12CCC(CC1)C2. The lowest BCUT2D eigenvalue weighted by Crippen LogP contribution is -2.22. The van der Waals surface area contributed by atoms with E-state index >= 15 is 0 Å². The molecule has 0 atom stereocenters. The first-order chi connectivity index (χ1) is 8.11. The maximum absolute atomic E-state index is 7.56. The van der Waals surface area contributed by atoms with Crippen molar-refractivity contribution in [3.63, 3.8) is 0 Å². The zero-order chi connectivity index (χ0) is 12.0. The molecule has 89 valence electrons. The van der Waals surface area contributed by atoms with Gasteiger partial charge in [0.25, 0.3) is 0 Å². The van der Waals surface area contributed by atoms with Gasteiger partial charge in [-0.2, -0.15) is 0 Å². The summed E-state index contributed by atoms with van der Waals surface area (Å²) in [5, 5.41) is 7.56. The number of benzene rings is 1. The maximum Gasteiger partial charge on any atom is 0.122 e. The summed E-state index contributed by atoms with van der Waals surface area (Å²) in [7, 11) is 0. The Morgan fingerprint density at radius 3 is 2.59 bits per heavy atom. The minimum atomic E-state index is 0.162. The van der Waals surface area contributed by atoms with E-state index in [-0.39, 0.29) is 5.84 Å². The van der Waals surface area contributed by atoms with Crippen LogP contribution in [0.3, 0.4) is 0 Å². The van der Waals surface area contributed by atoms with E-state index in [9.17, 15) is 0 Å². The number of amidine groups is 1. The minimum absolute atomic E-state index is 0.162. The van der Waals surface area contributed by atoms with Crippen LogP contribution in [0.2, 0.25) is 0 Å². The quantitative estimate of drug-likeness (QED) is 0.592. The summed E-state index contributed by atoms with van der Waals surface area (Å²) < 4.78 is 0. The molecule has 3 rings (SSSR count). The van der Waals surface area contributed by atoms with Crippen molar-refractivity contribution in [1.29, 1.82) is 5.41 Å². The molecule has 0 saturated heterocycles. The van der Waals surface area contributed by atoms with Crippen molar-refractivity contribution in [2.45, 2.75) is 37.5 Å². The van der Waals surface area contributed by atoms with Crippen molar-refractivity contribution in [2.24, 2.45) is 11.7 Å². The number of hydrogen-bond donors (Lipinski definition) is 2. The highest BCUT2D eigenvalue weighted by Gasteiger charge is 2.46. The van der Waals surface area contributed by atoms with E-state index in [2.05, 4.69) is 13.0 Å². The van der Waals surface area contributed by atoms with Crippen LogP contribution in [0.4, 0.5) is 0 Å². The van der Waals surface area contributed by atoms with Gasteiger partial charge < -0.3 is 5.73 Å². The maximum atomic E-state index is 7.56. The fourth-order valence-corrected chi connectivity index (χ4v) is 3.81. The molecule has 0 spiro atoms. The summed E-state index contributed by atoms with van der Waals surface area (Å²) in [5.74, 6) is 1.09. The summed E-state index contributed by atoms with van der Waals surface area (Å²) in [5.41, 5.74) is 9.26. The van der Waals surface area contributed by atoms with Crippen LogP contribution in [-0.4, -0.2) is 5.84 Å². The molecule has 0 aromatic heterocycles. The number of nitrogens with one attached hydrogen (secondary N) is 1. The number of nitrogen functional groups attached to an aromatic ring is 1. The van der Waals surface area contributed by atoms with Crippen LogP contribution < -0.4 is 5.73 Å². The largest absolute Gasteiger partial charge is 0.384 e. The Bertz CT molecular complexity index is 468. The van der Waals surface area contributed by atoms with Crippen LogP contribution in [0.15, 0.2) is 18.2 Å². The Hall–Kier alpha value is -1.31. The van der Waals surface area contributed by atoms with E-state index in [0.717, 1.165) is 17.0 Å². The summed E-state index contributed by atoms with van der Waals surface area (Å²) in [4.78, 5) is 0. The lowest BCUT2D eigenvalue weighted by Gasteiger charge is -2.29. The molecule has 0 heterocycles. The van der Waals surface area contributed by atoms with E-state index in [0.29, 0.717) is 5.41 Å². The lowest BCUT2D eigenvalue weighted by atomic mass is 9.75. The molecule has 2 nitrogen and oxygen atoms in total. The Kier molecular flexibility index (Phi) is 2.29. The van der Waals surface area contributed by atoms with Crippen molar-refractivity contribution in [2.75, 3.05) is 0 Å². The van der Waals surface area contributed by atoms with Gasteiger partial charge in [-0.3, -0.25) is 5.41 Å². The predicted molar refractivity (Wildman–Crippen MR) is 70.2 cm³/mol. The van der Waals surface area contributed by atoms with Crippen molar-refractivity contribution in [1.82, 2.24) is 0 Å². The highest BCUT2D eigenvalue weighted by molar-refractivity contribution is 5.95. The Balaban J connectivity index is 2.07. The highest BCUT2D eigenvalue weighted by Crippen LogP contribution is 2.55. The second kappa shape index (κ2) is 3.59. The third kappa shape index (κ3) is 1.58. The second-order valence-electron chi connectivity index (χ2n) is 5.71. The Morgan fingerprint density at radius 1 is 1.35 bits per heavy atom. The normalized spacial score (nSPS) is 30.8. The molecule has 17 heavy (non-hydrogen) atoms. The standard InChI is InChI=1S/C15H19N2/c1-10-2-3-12(14(16)17)8-13(10)15-6-4-11(9-15)5-7-15/h2-3,8,11H,1,4-7,9H2,(H3,16,17). The van der Waals surface area contributed by atoms with Crippen LogP contribution in [0.1, 0.15) is 48.8 Å². The summed E-state index contributed by atoms with van der Waals surface area (Å²) in [6, 6.07) is 6.04. The van der Waals surface area contributed by atoms with Crippen molar-refractivity contribution < 1.29 is 0 Å². The molecule has 2 aliphatic carbocycles. The molecular weight excluding hydrogens is 208 g/mol. The molecule has 0 amide bonds. The third-order valence-corrected chi connectivity index (χ3v) is 4.73. The van der Waals surface area contributed by atoms with Gasteiger partial charge in [0.15, 0.2) is 0 Å². The Morgan fingerprint density at radius 2 is 2.06 bits per heavy atom. The monoisotopic (exact) mass is 227 g/mol. The molecule has 0 aliphatic heterocycles. The van der Waals surface area contributed by atoms with Gasteiger partial charge in [0.2, 0.25) is 0 Å². The summed E-state index contributed by atoms with van der Waals surface area (Å²) >= 11 is 0. The molecule has 2 saturated carbocycles. The van der Waals surface area contributed by atoms with E-state index in [1.807, 2.05) is 12.1 Å². The number of hydrogen-bond acceptors (Lipinski definition) is 1. The molecule has 2 aliphatic rings. The van der Waals surface area contributed by atoms with Gasteiger partial charge in [-0.05, 0) is 67.6 Å². The molecule has 2 bridgehead atoms. The van der Waals surface area contributed by atoms with E-state index in [1.165, 1.54) is 37.7 Å². The molecule has 3 N–H and O–H groups in total. The average Bonchev–Trinajstić information content (AvgIpc) is 2.90. The topological polar surface area (TPSA) is 49.9 Å². The van der Waals surface area contributed by atoms with Crippen LogP contribution in [0, 0.1) is 18.3 Å². The van der Waals surface area contributed by atoms with Gasteiger partial charge >= 0.3 is 0 Å². The highest BCUT2D eigenvalue weighted by atomic mass is 14.7. The van der Waals surface area contributed by atoms with Crippen LogP contribution >= 0.6 is 0 Å². The number of nitrogens with two attached hydrogens (primary N) is 1. The van der Waals surface area contributed by atoms with Crippen molar-refractivity contribution in [3.8, 4) is 0 Å². The van der Waals surface area contributed by atoms with Gasteiger partial charge in [-0.25, -0.2) is 0 Å². The zero-order valence-electron chi connectivity index (χ0n) is 10.1. The van der Waals surface area contributed by atoms with Gasteiger partial charge in [0.05, 0.1) is 0 Å². The first kappa shape index (κ1) is 10.8.